The molecule has 0 aliphatic heterocycles. The number of aliphatic hydroxyl groups is 1. The maximum Gasteiger partial charge on any atom is 0.140 e. The van der Waals surface area contributed by atoms with Gasteiger partial charge in [-0.25, -0.2) is 4.68 Å². The first-order chi connectivity index (χ1) is 12.1. The summed E-state index contributed by atoms with van der Waals surface area (Å²) >= 11 is 0. The molecule has 25 heavy (non-hydrogen) atoms. The molecule has 1 aromatic carbocycles. The molecule has 0 unspecified atom stereocenters. The number of methoxy groups -OCH3 is 2. The van der Waals surface area contributed by atoms with E-state index in [1.54, 1.807) is 24.3 Å². The lowest BCUT2D eigenvalue weighted by Crippen LogP contribution is -2.07. The van der Waals surface area contributed by atoms with E-state index >= 15 is 0 Å². The van der Waals surface area contributed by atoms with Crippen molar-refractivity contribution in [2.75, 3.05) is 26.6 Å². The van der Waals surface area contributed by atoms with Gasteiger partial charge in [-0.2, -0.15) is 15.6 Å². The average Bonchev–Trinajstić information content (AvgIpc) is 2.95. The highest BCUT2D eigenvalue weighted by Crippen LogP contribution is 2.30. The predicted molar refractivity (Wildman–Crippen MR) is 91.5 cm³/mol. The van der Waals surface area contributed by atoms with Crippen molar-refractivity contribution in [1.29, 1.82) is 10.5 Å². The van der Waals surface area contributed by atoms with Crippen LogP contribution >= 0.6 is 0 Å². The molecule has 3 N–H and O–H groups in total. The number of aliphatic hydroxyl groups excluding tert-OH is 1. The summed E-state index contributed by atoms with van der Waals surface area (Å²) < 4.78 is 11.8. The lowest BCUT2D eigenvalue weighted by Gasteiger charge is -2.07. The van der Waals surface area contributed by atoms with Crippen LogP contribution in [0.25, 0.3) is 11.6 Å². The Kier molecular flexibility index (Phi) is 5.62. The fourth-order valence-corrected chi connectivity index (χ4v) is 2.30. The molecule has 128 valence electrons. The van der Waals surface area contributed by atoms with Gasteiger partial charge in [0.25, 0.3) is 0 Å². The minimum atomic E-state index is -0.189. The Morgan fingerprint density at radius 1 is 1.36 bits per heavy atom. The van der Waals surface area contributed by atoms with Crippen molar-refractivity contribution < 1.29 is 14.6 Å². The zero-order chi connectivity index (χ0) is 18.4. The van der Waals surface area contributed by atoms with Crippen LogP contribution in [0.2, 0.25) is 0 Å². The number of nitrogens with two attached hydrogens (primary N) is 1. The topological polar surface area (TPSA) is 130 Å². The van der Waals surface area contributed by atoms with Gasteiger partial charge in [0.1, 0.15) is 40.7 Å². The maximum atomic E-state index is 9.54. The molecule has 0 aliphatic rings. The first-order valence-electron chi connectivity index (χ1n) is 7.31. The summed E-state index contributed by atoms with van der Waals surface area (Å²) in [5.74, 6) is 1.23. The van der Waals surface area contributed by atoms with Crippen LogP contribution in [-0.4, -0.2) is 35.7 Å². The fraction of sp³-hybridized carbons (Fsp3) is 0.235. The molecule has 8 heteroatoms. The number of nitrogen functional groups attached to an aromatic ring is 1. The van der Waals surface area contributed by atoms with Gasteiger partial charge >= 0.3 is 0 Å². The van der Waals surface area contributed by atoms with E-state index in [1.807, 2.05) is 12.1 Å². The number of hydrogen-bond acceptors (Lipinski definition) is 7. The number of allylic oxidation sites excluding steroid dienone is 1. The smallest absolute Gasteiger partial charge is 0.140 e. The van der Waals surface area contributed by atoms with Crippen molar-refractivity contribution in [3.63, 3.8) is 0 Å². The van der Waals surface area contributed by atoms with Crippen LogP contribution in [0.5, 0.6) is 11.5 Å². The van der Waals surface area contributed by atoms with Gasteiger partial charge in [0.05, 0.1) is 32.9 Å². The van der Waals surface area contributed by atoms with E-state index in [4.69, 9.17) is 20.3 Å². The predicted octanol–water partition coefficient (Wildman–Crippen LogP) is 1.41. The van der Waals surface area contributed by atoms with E-state index in [-0.39, 0.29) is 35.8 Å². The van der Waals surface area contributed by atoms with E-state index in [0.29, 0.717) is 17.1 Å². The van der Waals surface area contributed by atoms with Crippen LogP contribution in [0.1, 0.15) is 16.8 Å². The lowest BCUT2D eigenvalue weighted by molar-refractivity contribution is 0.270. The molecule has 0 aliphatic carbocycles. The second kappa shape index (κ2) is 7.86. The highest BCUT2D eigenvalue weighted by molar-refractivity contribution is 5.92. The standard InChI is InChI=1S/C17H17N5O3/c1-24-13-3-4-15(25-2)11(8-13)7-12(9-18)16-14(10-19)17(20)22(21-16)5-6-23/h3-4,7-8,23H,5-6,20H2,1-2H3. The second-order valence-corrected chi connectivity index (χ2v) is 4.95. The van der Waals surface area contributed by atoms with E-state index in [9.17, 15) is 10.5 Å². The Hall–Kier alpha value is -3.49. The summed E-state index contributed by atoms with van der Waals surface area (Å²) in [5, 5.41) is 32.1. The van der Waals surface area contributed by atoms with Crippen molar-refractivity contribution in [1.82, 2.24) is 9.78 Å². The Balaban J connectivity index is 2.62. The Bertz CT molecular complexity index is 887. The van der Waals surface area contributed by atoms with E-state index in [0.717, 1.165) is 0 Å². The SMILES string of the molecule is COc1ccc(OC)c(C=C(C#N)c2nn(CCO)c(N)c2C#N)c1. The number of nitrogens with zero attached hydrogens (tertiary/aromatic N) is 4. The molecule has 0 saturated carbocycles. The van der Waals surface area contributed by atoms with Gasteiger partial charge in [0.15, 0.2) is 0 Å². The Morgan fingerprint density at radius 2 is 2.12 bits per heavy atom. The number of nitriles is 2. The van der Waals surface area contributed by atoms with Crippen molar-refractivity contribution in [3.05, 3.63) is 35.0 Å². The van der Waals surface area contributed by atoms with Crippen molar-refractivity contribution >= 4 is 17.5 Å². The van der Waals surface area contributed by atoms with E-state index < -0.39 is 0 Å². The molecule has 0 amide bonds. The number of hydrogen-bond donors (Lipinski definition) is 2. The summed E-state index contributed by atoms with van der Waals surface area (Å²) in [7, 11) is 3.05. The summed E-state index contributed by atoms with van der Waals surface area (Å²) in [6, 6.07) is 9.14. The molecule has 8 nitrogen and oxygen atoms in total. The highest BCUT2D eigenvalue weighted by Gasteiger charge is 2.19. The third-order valence-corrected chi connectivity index (χ3v) is 3.53. The molecule has 0 fully saturated rings. The molecule has 0 spiro atoms. The molecule has 1 heterocycles. The monoisotopic (exact) mass is 339 g/mol. The van der Waals surface area contributed by atoms with Crippen LogP contribution in [0.4, 0.5) is 5.82 Å². The van der Waals surface area contributed by atoms with Crippen LogP contribution < -0.4 is 15.2 Å². The molecule has 2 rings (SSSR count). The van der Waals surface area contributed by atoms with Crippen molar-refractivity contribution in [2.45, 2.75) is 6.54 Å². The number of ether oxygens (including phenoxy) is 2. The quantitative estimate of drug-likeness (QED) is 0.761. The number of aromatic nitrogens is 2. The molecular weight excluding hydrogens is 322 g/mol. The second-order valence-electron chi connectivity index (χ2n) is 4.95. The molecule has 2 aromatic rings. The Labute approximate surface area is 144 Å². The van der Waals surface area contributed by atoms with Crippen LogP contribution in [-0.2, 0) is 6.54 Å². The zero-order valence-corrected chi connectivity index (χ0v) is 13.9. The van der Waals surface area contributed by atoms with Crippen LogP contribution in [0, 0.1) is 22.7 Å². The highest BCUT2D eigenvalue weighted by atomic mass is 16.5. The third kappa shape index (κ3) is 3.55. The minimum Gasteiger partial charge on any atom is -0.497 e. The molecule has 0 radical (unpaired) electrons. The van der Waals surface area contributed by atoms with Gasteiger partial charge < -0.3 is 20.3 Å². The molecular formula is C17H17N5O3. The van der Waals surface area contributed by atoms with Crippen LogP contribution in [0.3, 0.4) is 0 Å². The summed E-state index contributed by atoms with van der Waals surface area (Å²) in [4.78, 5) is 0. The van der Waals surface area contributed by atoms with Gasteiger partial charge in [-0.1, -0.05) is 0 Å². The number of benzene rings is 1. The van der Waals surface area contributed by atoms with Gasteiger partial charge in [-0.05, 0) is 24.3 Å². The van der Waals surface area contributed by atoms with E-state index in [2.05, 4.69) is 5.10 Å². The number of rotatable bonds is 6. The summed E-state index contributed by atoms with van der Waals surface area (Å²) in [6.07, 6.45) is 1.55. The van der Waals surface area contributed by atoms with Gasteiger partial charge in [-0.3, -0.25) is 0 Å². The van der Waals surface area contributed by atoms with Crippen LogP contribution in [0.15, 0.2) is 18.2 Å². The first kappa shape index (κ1) is 17.9. The molecule has 1 aromatic heterocycles. The maximum absolute atomic E-state index is 9.54. The van der Waals surface area contributed by atoms with E-state index in [1.165, 1.54) is 18.9 Å². The Morgan fingerprint density at radius 3 is 2.68 bits per heavy atom. The van der Waals surface area contributed by atoms with Gasteiger partial charge in [-0.15, -0.1) is 0 Å². The van der Waals surface area contributed by atoms with Crippen molar-refractivity contribution in [3.8, 4) is 23.6 Å². The number of anilines is 1. The lowest BCUT2D eigenvalue weighted by atomic mass is 10.1. The molecule has 0 atom stereocenters. The largest absolute Gasteiger partial charge is 0.497 e. The van der Waals surface area contributed by atoms with Gasteiger partial charge in [0.2, 0.25) is 0 Å². The third-order valence-electron chi connectivity index (χ3n) is 3.53. The minimum absolute atomic E-state index is 0.0862. The average molecular weight is 339 g/mol. The fourth-order valence-electron chi connectivity index (χ4n) is 2.30. The summed E-state index contributed by atoms with van der Waals surface area (Å²) in [5.41, 5.74) is 6.85. The zero-order valence-electron chi connectivity index (χ0n) is 13.9. The molecule has 0 bridgehead atoms. The van der Waals surface area contributed by atoms with Gasteiger partial charge in [0, 0.05) is 5.56 Å². The molecule has 0 saturated heterocycles. The first-order valence-corrected chi connectivity index (χ1v) is 7.31. The summed E-state index contributed by atoms with van der Waals surface area (Å²) in [6.45, 7) is -0.0623. The normalized spacial score (nSPS) is 10.8. The van der Waals surface area contributed by atoms with Crippen molar-refractivity contribution in [2.24, 2.45) is 0 Å².